The lowest BCUT2D eigenvalue weighted by atomic mass is 9.87. The van der Waals surface area contributed by atoms with Gasteiger partial charge in [0.2, 0.25) is 0 Å². The van der Waals surface area contributed by atoms with Crippen LogP contribution in [0.2, 0.25) is 0 Å². The fraction of sp³-hybridized carbons (Fsp3) is 0.684. The molecule has 1 nitrogen and oxygen atoms in total. The summed E-state index contributed by atoms with van der Waals surface area (Å²) in [5, 5.41) is 3.61. The van der Waals surface area contributed by atoms with Crippen molar-refractivity contribution in [3.63, 3.8) is 0 Å². The third kappa shape index (κ3) is 6.45. The Kier molecular flexibility index (Phi) is 7.12. The summed E-state index contributed by atoms with van der Waals surface area (Å²) in [5.74, 6) is 0. The van der Waals surface area contributed by atoms with Crippen molar-refractivity contribution < 1.29 is 0 Å². The van der Waals surface area contributed by atoms with Gasteiger partial charge in [-0.1, -0.05) is 71.9 Å². The van der Waals surface area contributed by atoms with E-state index in [1.54, 1.807) is 0 Å². The average Bonchev–Trinajstić information content (AvgIpc) is 2.38. The van der Waals surface area contributed by atoms with Crippen LogP contribution in [0.25, 0.3) is 0 Å². The van der Waals surface area contributed by atoms with E-state index in [0.717, 1.165) is 0 Å². The first-order valence-corrected chi connectivity index (χ1v) is 8.30. The van der Waals surface area contributed by atoms with Gasteiger partial charge < -0.3 is 5.32 Å². The molecule has 1 N–H and O–H groups in total. The molecule has 0 bridgehead atoms. The highest BCUT2D eigenvalue weighted by Gasteiger charge is 2.12. The predicted molar refractivity (Wildman–Crippen MR) is 91.6 cm³/mol. The van der Waals surface area contributed by atoms with Gasteiger partial charge in [-0.25, -0.2) is 0 Å². The summed E-state index contributed by atoms with van der Waals surface area (Å²) >= 11 is 0. The second kappa shape index (κ2) is 8.34. The number of rotatable bonds is 8. The van der Waals surface area contributed by atoms with E-state index < -0.39 is 0 Å². The summed E-state index contributed by atoms with van der Waals surface area (Å²) in [5.41, 5.74) is 2.89. The molecule has 0 saturated heterocycles. The molecule has 20 heavy (non-hydrogen) atoms. The van der Waals surface area contributed by atoms with Crippen LogP contribution in [0.4, 0.5) is 5.69 Å². The molecule has 0 aliphatic rings. The molecule has 0 aliphatic carbocycles. The molecule has 0 saturated carbocycles. The number of hydrogen-bond donors (Lipinski definition) is 1. The van der Waals surface area contributed by atoms with Gasteiger partial charge in [-0.05, 0) is 36.5 Å². The molecule has 0 fully saturated rings. The van der Waals surface area contributed by atoms with Crippen molar-refractivity contribution in [3.8, 4) is 0 Å². The zero-order valence-corrected chi connectivity index (χ0v) is 14.1. The second-order valence-corrected chi connectivity index (χ2v) is 7.08. The van der Waals surface area contributed by atoms with Crippen LogP contribution in [0, 0.1) is 0 Å². The van der Waals surface area contributed by atoms with E-state index in [-0.39, 0.29) is 5.41 Å². The highest BCUT2D eigenvalue weighted by Crippen LogP contribution is 2.24. The fourth-order valence-electron chi connectivity index (χ4n) is 2.48. The Morgan fingerprint density at radius 1 is 0.950 bits per heavy atom. The van der Waals surface area contributed by atoms with Crippen molar-refractivity contribution >= 4 is 5.69 Å². The maximum atomic E-state index is 3.61. The minimum absolute atomic E-state index is 0.240. The van der Waals surface area contributed by atoms with Gasteiger partial charge in [0, 0.05) is 11.7 Å². The van der Waals surface area contributed by atoms with Gasteiger partial charge in [0.25, 0.3) is 0 Å². The van der Waals surface area contributed by atoms with Crippen LogP contribution < -0.4 is 5.32 Å². The largest absolute Gasteiger partial charge is 0.383 e. The predicted octanol–water partition coefficient (Wildman–Crippen LogP) is 6.15. The number of nitrogens with one attached hydrogen (secondary N) is 1. The molecule has 1 rings (SSSR count). The third-order valence-electron chi connectivity index (χ3n) is 3.90. The molecule has 1 heteroatoms. The summed E-state index contributed by atoms with van der Waals surface area (Å²) in [6.07, 6.45) is 8.09. The van der Waals surface area contributed by atoms with Crippen LogP contribution in [-0.2, 0) is 5.41 Å². The highest BCUT2D eigenvalue weighted by atomic mass is 14.9. The fourth-order valence-corrected chi connectivity index (χ4v) is 2.48. The van der Waals surface area contributed by atoms with Crippen LogP contribution in [0.3, 0.4) is 0 Å². The normalized spacial score (nSPS) is 13.2. The number of hydrogen-bond acceptors (Lipinski definition) is 1. The molecule has 1 unspecified atom stereocenters. The molecule has 0 radical (unpaired) electrons. The molecule has 0 aliphatic heterocycles. The standard InChI is InChI=1S/C19H33N/c1-6-7-8-9-10-11-16(2)20-18-14-12-17(13-15-18)19(3,4)5/h12-16,20H,6-11H2,1-5H3. The first-order valence-electron chi connectivity index (χ1n) is 8.30. The summed E-state index contributed by atoms with van der Waals surface area (Å²) in [7, 11) is 0. The molecular formula is C19H33N. The van der Waals surface area contributed by atoms with Gasteiger partial charge in [-0.15, -0.1) is 0 Å². The van der Waals surface area contributed by atoms with Crippen molar-refractivity contribution in [2.24, 2.45) is 0 Å². The number of benzene rings is 1. The molecule has 0 aromatic heterocycles. The van der Waals surface area contributed by atoms with Gasteiger partial charge in [0.1, 0.15) is 0 Å². The topological polar surface area (TPSA) is 12.0 Å². The summed E-state index contributed by atoms with van der Waals surface area (Å²) < 4.78 is 0. The Balaban J connectivity index is 2.33. The zero-order chi connectivity index (χ0) is 15.0. The minimum atomic E-state index is 0.240. The van der Waals surface area contributed by atoms with E-state index >= 15 is 0 Å². The van der Waals surface area contributed by atoms with E-state index in [9.17, 15) is 0 Å². The highest BCUT2D eigenvalue weighted by molar-refractivity contribution is 5.46. The van der Waals surface area contributed by atoms with E-state index in [1.807, 2.05) is 0 Å². The SMILES string of the molecule is CCCCCCCC(C)Nc1ccc(C(C)(C)C)cc1. The second-order valence-electron chi connectivity index (χ2n) is 7.08. The van der Waals surface area contributed by atoms with Crippen molar-refractivity contribution in [2.75, 3.05) is 5.32 Å². The quantitative estimate of drug-likeness (QED) is 0.561. The Labute approximate surface area is 126 Å². The molecule has 1 aromatic carbocycles. The summed E-state index contributed by atoms with van der Waals surface area (Å²) in [4.78, 5) is 0. The van der Waals surface area contributed by atoms with E-state index in [2.05, 4.69) is 64.2 Å². The van der Waals surface area contributed by atoms with Crippen molar-refractivity contribution in [2.45, 2.75) is 84.6 Å². The van der Waals surface area contributed by atoms with Crippen molar-refractivity contribution in [1.29, 1.82) is 0 Å². The van der Waals surface area contributed by atoms with Crippen LogP contribution in [0.5, 0.6) is 0 Å². The van der Waals surface area contributed by atoms with Gasteiger partial charge in [-0.2, -0.15) is 0 Å². The summed E-state index contributed by atoms with van der Waals surface area (Å²) in [6.45, 7) is 11.3. The molecule has 0 amide bonds. The Bertz CT molecular complexity index is 358. The van der Waals surface area contributed by atoms with Crippen LogP contribution >= 0.6 is 0 Å². The van der Waals surface area contributed by atoms with Gasteiger partial charge in [-0.3, -0.25) is 0 Å². The molecule has 0 heterocycles. The molecule has 1 atom stereocenters. The third-order valence-corrected chi connectivity index (χ3v) is 3.90. The van der Waals surface area contributed by atoms with Gasteiger partial charge in [0.05, 0.1) is 0 Å². The maximum Gasteiger partial charge on any atom is 0.0342 e. The first kappa shape index (κ1) is 17.1. The van der Waals surface area contributed by atoms with E-state index in [4.69, 9.17) is 0 Å². The zero-order valence-electron chi connectivity index (χ0n) is 14.1. The lowest BCUT2D eigenvalue weighted by Crippen LogP contribution is -2.15. The first-order chi connectivity index (χ1) is 9.43. The monoisotopic (exact) mass is 275 g/mol. The van der Waals surface area contributed by atoms with Crippen molar-refractivity contribution in [3.05, 3.63) is 29.8 Å². The Hall–Kier alpha value is -0.980. The number of anilines is 1. The van der Waals surface area contributed by atoms with Crippen molar-refractivity contribution in [1.82, 2.24) is 0 Å². The van der Waals surface area contributed by atoms with Gasteiger partial charge in [0.15, 0.2) is 0 Å². The maximum absolute atomic E-state index is 3.61. The molecule has 114 valence electrons. The smallest absolute Gasteiger partial charge is 0.0342 e. The van der Waals surface area contributed by atoms with Gasteiger partial charge >= 0.3 is 0 Å². The Morgan fingerprint density at radius 2 is 1.55 bits per heavy atom. The molecular weight excluding hydrogens is 242 g/mol. The van der Waals surface area contributed by atoms with E-state index in [1.165, 1.54) is 49.8 Å². The lowest BCUT2D eigenvalue weighted by Gasteiger charge is -2.20. The Morgan fingerprint density at radius 3 is 2.10 bits per heavy atom. The summed E-state index contributed by atoms with van der Waals surface area (Å²) in [6, 6.07) is 9.49. The average molecular weight is 275 g/mol. The van der Waals surface area contributed by atoms with Crippen LogP contribution in [0.15, 0.2) is 24.3 Å². The van der Waals surface area contributed by atoms with Crippen LogP contribution in [-0.4, -0.2) is 6.04 Å². The molecule has 0 spiro atoms. The minimum Gasteiger partial charge on any atom is -0.383 e. The van der Waals surface area contributed by atoms with Crippen LogP contribution in [0.1, 0.15) is 78.7 Å². The van der Waals surface area contributed by atoms with E-state index in [0.29, 0.717) is 6.04 Å². The number of unbranched alkanes of at least 4 members (excludes halogenated alkanes) is 4. The molecule has 1 aromatic rings. The lowest BCUT2D eigenvalue weighted by molar-refractivity contribution is 0.578.